The standard InChI is InChI=1S/C25H34FN5O/c1-29(18-23-9-6-16-30(23)24-10-5-15-27-28-24)19-25(32)31(22-7-3-2-4-8-22)17-20-11-13-21(26)14-12-20/h5,10-15,22-23H,2-4,6-9,16-19H2,1H3. The Bertz CT molecular complexity index is 856. The van der Waals surface area contributed by atoms with E-state index in [1.54, 1.807) is 18.3 Å². The van der Waals surface area contributed by atoms with Crippen LogP contribution in [0.15, 0.2) is 42.6 Å². The van der Waals surface area contributed by atoms with Crippen LogP contribution in [0.3, 0.4) is 0 Å². The van der Waals surface area contributed by atoms with Crippen molar-refractivity contribution in [2.75, 3.05) is 31.6 Å². The second-order valence-electron chi connectivity index (χ2n) is 9.21. The maximum absolute atomic E-state index is 13.4. The second kappa shape index (κ2) is 10.9. The molecule has 2 aliphatic rings. The molecule has 1 aliphatic carbocycles. The zero-order valence-electron chi connectivity index (χ0n) is 19.0. The number of carbonyl (C=O) groups excluding carboxylic acids is 1. The highest BCUT2D eigenvalue weighted by Gasteiger charge is 2.30. The van der Waals surface area contributed by atoms with E-state index in [-0.39, 0.29) is 17.8 Å². The molecule has 2 fully saturated rings. The van der Waals surface area contributed by atoms with Crippen LogP contribution in [-0.4, -0.2) is 64.7 Å². The number of likely N-dealkylation sites (N-methyl/N-ethyl adjacent to an activating group) is 1. The van der Waals surface area contributed by atoms with Gasteiger partial charge >= 0.3 is 0 Å². The number of benzene rings is 1. The van der Waals surface area contributed by atoms with E-state index in [2.05, 4.69) is 20.0 Å². The Morgan fingerprint density at radius 1 is 1.09 bits per heavy atom. The van der Waals surface area contributed by atoms with Crippen LogP contribution in [0.2, 0.25) is 0 Å². The number of anilines is 1. The molecule has 1 aromatic carbocycles. The van der Waals surface area contributed by atoms with Crippen LogP contribution < -0.4 is 4.90 Å². The number of nitrogens with zero attached hydrogens (tertiary/aromatic N) is 5. The van der Waals surface area contributed by atoms with Crippen LogP contribution in [0.4, 0.5) is 10.2 Å². The fourth-order valence-corrected chi connectivity index (χ4v) is 5.12. The molecule has 0 bridgehead atoms. The molecule has 0 radical (unpaired) electrons. The van der Waals surface area contributed by atoms with Crippen molar-refractivity contribution in [3.63, 3.8) is 0 Å². The summed E-state index contributed by atoms with van der Waals surface area (Å²) in [5, 5.41) is 8.30. The lowest BCUT2D eigenvalue weighted by atomic mass is 9.93. The predicted octanol–water partition coefficient (Wildman–Crippen LogP) is 3.88. The van der Waals surface area contributed by atoms with E-state index < -0.39 is 0 Å². The lowest BCUT2D eigenvalue weighted by molar-refractivity contribution is -0.136. The molecule has 2 heterocycles. The molecular formula is C25H34FN5O. The SMILES string of the molecule is CN(CC(=O)N(Cc1ccc(F)cc1)C1CCCCC1)CC1CCCN1c1cccnn1. The van der Waals surface area contributed by atoms with Gasteiger partial charge in [0.15, 0.2) is 5.82 Å². The summed E-state index contributed by atoms with van der Waals surface area (Å²) in [6, 6.07) is 11.1. The van der Waals surface area contributed by atoms with Gasteiger partial charge in [-0.3, -0.25) is 9.69 Å². The smallest absolute Gasteiger partial charge is 0.237 e. The van der Waals surface area contributed by atoms with Gasteiger partial charge in [-0.25, -0.2) is 4.39 Å². The summed E-state index contributed by atoms with van der Waals surface area (Å²) in [5.41, 5.74) is 0.984. The van der Waals surface area contributed by atoms with Gasteiger partial charge in [0.2, 0.25) is 5.91 Å². The molecule has 32 heavy (non-hydrogen) atoms. The number of hydrogen-bond donors (Lipinski definition) is 0. The Hall–Kier alpha value is -2.54. The Morgan fingerprint density at radius 2 is 1.88 bits per heavy atom. The van der Waals surface area contributed by atoms with E-state index in [0.29, 0.717) is 19.1 Å². The molecule has 0 N–H and O–H groups in total. The summed E-state index contributed by atoms with van der Waals surface area (Å²) in [6.07, 6.45) is 9.61. The summed E-state index contributed by atoms with van der Waals surface area (Å²) in [6.45, 7) is 2.73. The van der Waals surface area contributed by atoms with Crippen LogP contribution in [0, 0.1) is 5.82 Å². The summed E-state index contributed by atoms with van der Waals surface area (Å²) < 4.78 is 13.4. The molecule has 7 heteroatoms. The first-order valence-corrected chi connectivity index (χ1v) is 11.9. The Labute approximate surface area is 190 Å². The number of carbonyl (C=O) groups is 1. The van der Waals surface area contributed by atoms with Gasteiger partial charge < -0.3 is 9.80 Å². The van der Waals surface area contributed by atoms with E-state index >= 15 is 0 Å². The van der Waals surface area contributed by atoms with Gasteiger partial charge in [-0.1, -0.05) is 31.4 Å². The minimum atomic E-state index is -0.242. The van der Waals surface area contributed by atoms with Gasteiger partial charge in [0.1, 0.15) is 5.82 Å². The maximum atomic E-state index is 13.4. The molecule has 1 amide bonds. The van der Waals surface area contributed by atoms with Crippen molar-refractivity contribution in [2.24, 2.45) is 0 Å². The Kier molecular flexibility index (Phi) is 7.68. The van der Waals surface area contributed by atoms with E-state index in [1.807, 2.05) is 24.1 Å². The van der Waals surface area contributed by atoms with Crippen LogP contribution in [-0.2, 0) is 11.3 Å². The highest BCUT2D eigenvalue weighted by Crippen LogP contribution is 2.26. The van der Waals surface area contributed by atoms with E-state index in [4.69, 9.17) is 0 Å². The van der Waals surface area contributed by atoms with Crippen molar-refractivity contribution < 1.29 is 9.18 Å². The monoisotopic (exact) mass is 439 g/mol. The molecule has 2 aromatic rings. The lowest BCUT2D eigenvalue weighted by Gasteiger charge is -2.36. The Balaban J connectivity index is 1.39. The summed E-state index contributed by atoms with van der Waals surface area (Å²) >= 11 is 0. The lowest BCUT2D eigenvalue weighted by Crippen LogP contribution is -2.47. The second-order valence-corrected chi connectivity index (χ2v) is 9.21. The number of halogens is 1. The molecule has 1 saturated carbocycles. The molecule has 4 rings (SSSR count). The molecule has 172 valence electrons. The van der Waals surface area contributed by atoms with E-state index in [1.165, 1.54) is 31.4 Å². The fourth-order valence-electron chi connectivity index (χ4n) is 5.12. The van der Waals surface area contributed by atoms with Gasteiger partial charge in [0.05, 0.1) is 6.54 Å². The summed E-state index contributed by atoms with van der Waals surface area (Å²) in [5.74, 6) is 0.830. The van der Waals surface area contributed by atoms with E-state index in [9.17, 15) is 9.18 Å². The number of rotatable bonds is 8. The zero-order chi connectivity index (χ0) is 22.3. The Morgan fingerprint density at radius 3 is 2.59 bits per heavy atom. The van der Waals surface area contributed by atoms with Crippen LogP contribution in [0.1, 0.15) is 50.5 Å². The van der Waals surface area contributed by atoms with Gasteiger partial charge in [-0.05, 0) is 62.6 Å². The van der Waals surface area contributed by atoms with Crippen molar-refractivity contribution in [1.29, 1.82) is 0 Å². The topological polar surface area (TPSA) is 52.6 Å². The molecule has 0 spiro atoms. The summed E-state index contributed by atoms with van der Waals surface area (Å²) in [4.78, 5) is 19.9. The number of hydrogen-bond acceptors (Lipinski definition) is 5. The average molecular weight is 440 g/mol. The van der Waals surface area contributed by atoms with E-state index in [0.717, 1.165) is 50.2 Å². The van der Waals surface area contributed by atoms with Crippen molar-refractivity contribution in [1.82, 2.24) is 20.0 Å². The first-order chi connectivity index (χ1) is 15.6. The molecule has 6 nitrogen and oxygen atoms in total. The van der Waals surface area contributed by atoms with Crippen LogP contribution >= 0.6 is 0 Å². The number of amides is 1. The maximum Gasteiger partial charge on any atom is 0.237 e. The number of aromatic nitrogens is 2. The molecule has 1 aromatic heterocycles. The molecule has 1 atom stereocenters. The van der Waals surface area contributed by atoms with Crippen LogP contribution in [0.25, 0.3) is 0 Å². The first kappa shape index (κ1) is 22.6. The molecule has 1 aliphatic heterocycles. The minimum Gasteiger partial charge on any atom is -0.351 e. The average Bonchev–Trinajstić information content (AvgIpc) is 3.27. The first-order valence-electron chi connectivity index (χ1n) is 11.9. The zero-order valence-corrected chi connectivity index (χ0v) is 19.0. The third-order valence-corrected chi connectivity index (χ3v) is 6.76. The largest absolute Gasteiger partial charge is 0.351 e. The quantitative estimate of drug-likeness (QED) is 0.625. The highest BCUT2D eigenvalue weighted by atomic mass is 19.1. The fraction of sp³-hybridized carbons (Fsp3) is 0.560. The van der Waals surface area contributed by atoms with Gasteiger partial charge in [-0.2, -0.15) is 5.10 Å². The molecule has 1 saturated heterocycles. The van der Waals surface area contributed by atoms with Crippen LogP contribution in [0.5, 0.6) is 0 Å². The predicted molar refractivity (Wildman–Crippen MR) is 124 cm³/mol. The van der Waals surface area contributed by atoms with Crippen molar-refractivity contribution in [2.45, 2.75) is 63.6 Å². The summed E-state index contributed by atoms with van der Waals surface area (Å²) in [7, 11) is 2.03. The van der Waals surface area contributed by atoms with Gasteiger partial charge in [0, 0.05) is 37.9 Å². The minimum absolute atomic E-state index is 0.160. The molecular weight excluding hydrogens is 405 g/mol. The molecule has 1 unspecified atom stereocenters. The van der Waals surface area contributed by atoms with Crippen molar-refractivity contribution in [3.8, 4) is 0 Å². The highest BCUT2D eigenvalue weighted by molar-refractivity contribution is 5.78. The van der Waals surface area contributed by atoms with Gasteiger partial charge in [-0.15, -0.1) is 5.10 Å². The normalized spacial score (nSPS) is 19.5. The van der Waals surface area contributed by atoms with Crippen molar-refractivity contribution >= 4 is 11.7 Å². The van der Waals surface area contributed by atoms with Gasteiger partial charge in [0.25, 0.3) is 0 Å². The van der Waals surface area contributed by atoms with Crippen molar-refractivity contribution in [3.05, 3.63) is 54.0 Å². The third kappa shape index (κ3) is 5.82. The third-order valence-electron chi connectivity index (χ3n) is 6.76.